The summed E-state index contributed by atoms with van der Waals surface area (Å²) in [6.45, 7) is 4.40. The lowest BCUT2D eigenvalue weighted by Crippen LogP contribution is -2.30. The van der Waals surface area contributed by atoms with Crippen LogP contribution in [-0.4, -0.2) is 24.1 Å². The fourth-order valence-corrected chi connectivity index (χ4v) is 1.18. The molecule has 0 fully saturated rings. The van der Waals surface area contributed by atoms with Crippen molar-refractivity contribution in [1.29, 1.82) is 0 Å². The molecule has 1 atom stereocenters. The highest BCUT2D eigenvalue weighted by molar-refractivity contribution is 5.77. The van der Waals surface area contributed by atoms with Gasteiger partial charge in [-0.25, -0.2) is 0 Å². The number of carbonyl (C=O) groups is 1. The van der Waals surface area contributed by atoms with Crippen molar-refractivity contribution in [2.75, 3.05) is 13.2 Å². The lowest BCUT2D eigenvalue weighted by atomic mass is 10.2. The van der Waals surface area contributed by atoms with Gasteiger partial charge in [0.15, 0.2) is 0 Å². The molecule has 0 aliphatic heterocycles. The maximum Gasteiger partial charge on any atom is 0.246 e. The van der Waals surface area contributed by atoms with Gasteiger partial charge in [-0.3, -0.25) is 9.78 Å². The zero-order valence-electron chi connectivity index (χ0n) is 9.06. The van der Waals surface area contributed by atoms with Crippen molar-refractivity contribution in [1.82, 2.24) is 10.3 Å². The largest absolute Gasteiger partial charge is 0.372 e. The first kappa shape index (κ1) is 11.7. The first-order valence-electron chi connectivity index (χ1n) is 5.02. The van der Waals surface area contributed by atoms with Crippen molar-refractivity contribution in [3.8, 4) is 0 Å². The second-order valence-corrected chi connectivity index (χ2v) is 3.18. The van der Waals surface area contributed by atoms with E-state index in [0.29, 0.717) is 6.61 Å². The first-order valence-corrected chi connectivity index (χ1v) is 5.02. The Morgan fingerprint density at radius 1 is 1.60 bits per heavy atom. The number of hydrogen-bond acceptors (Lipinski definition) is 3. The SMILES string of the molecule is CCOCC(=O)NC(C)c1ccccn1. The zero-order valence-corrected chi connectivity index (χ0v) is 9.06. The third-order valence-electron chi connectivity index (χ3n) is 1.95. The van der Waals surface area contributed by atoms with Gasteiger partial charge in [0.2, 0.25) is 5.91 Å². The summed E-state index contributed by atoms with van der Waals surface area (Å²) in [6.07, 6.45) is 1.71. The van der Waals surface area contributed by atoms with Gasteiger partial charge in [-0.05, 0) is 26.0 Å². The maximum atomic E-state index is 11.3. The molecule has 82 valence electrons. The lowest BCUT2D eigenvalue weighted by Gasteiger charge is -2.12. The summed E-state index contributed by atoms with van der Waals surface area (Å²) >= 11 is 0. The lowest BCUT2D eigenvalue weighted by molar-refractivity contribution is -0.126. The third-order valence-corrected chi connectivity index (χ3v) is 1.95. The summed E-state index contributed by atoms with van der Waals surface area (Å²) in [5.74, 6) is -0.116. The number of pyridine rings is 1. The molecule has 0 spiro atoms. The Kier molecular flexibility index (Phi) is 4.77. The molecular weight excluding hydrogens is 192 g/mol. The molecule has 1 amide bonds. The fourth-order valence-electron chi connectivity index (χ4n) is 1.18. The van der Waals surface area contributed by atoms with Crippen LogP contribution in [0, 0.1) is 0 Å². The highest BCUT2D eigenvalue weighted by Gasteiger charge is 2.09. The van der Waals surface area contributed by atoms with Gasteiger partial charge >= 0.3 is 0 Å². The molecule has 1 aromatic heterocycles. The topological polar surface area (TPSA) is 51.2 Å². The summed E-state index contributed by atoms with van der Waals surface area (Å²) in [4.78, 5) is 15.5. The van der Waals surface area contributed by atoms with Gasteiger partial charge in [0.1, 0.15) is 6.61 Å². The molecule has 1 rings (SSSR count). The summed E-state index contributed by atoms with van der Waals surface area (Å²) < 4.78 is 5.00. The first-order chi connectivity index (χ1) is 7.24. The Bertz CT molecular complexity index is 301. The van der Waals surface area contributed by atoms with Gasteiger partial charge < -0.3 is 10.1 Å². The molecule has 4 heteroatoms. The Hall–Kier alpha value is -1.42. The van der Waals surface area contributed by atoms with Crippen molar-refractivity contribution >= 4 is 5.91 Å². The number of rotatable bonds is 5. The van der Waals surface area contributed by atoms with Crippen LogP contribution in [0.5, 0.6) is 0 Å². The van der Waals surface area contributed by atoms with E-state index in [0.717, 1.165) is 5.69 Å². The molecule has 4 nitrogen and oxygen atoms in total. The Balaban J connectivity index is 2.42. The average Bonchev–Trinajstić information content (AvgIpc) is 2.27. The minimum absolute atomic E-state index is 0.0841. The summed E-state index contributed by atoms with van der Waals surface area (Å²) in [5, 5.41) is 2.80. The third kappa shape index (κ3) is 4.08. The zero-order chi connectivity index (χ0) is 11.1. The van der Waals surface area contributed by atoms with E-state index in [2.05, 4.69) is 10.3 Å². The number of nitrogens with zero attached hydrogens (tertiary/aromatic N) is 1. The fraction of sp³-hybridized carbons (Fsp3) is 0.455. The average molecular weight is 208 g/mol. The maximum absolute atomic E-state index is 11.3. The number of ether oxygens (including phenoxy) is 1. The van der Waals surface area contributed by atoms with E-state index in [9.17, 15) is 4.79 Å². The van der Waals surface area contributed by atoms with Crippen LogP contribution in [0.4, 0.5) is 0 Å². The summed E-state index contributed by atoms with van der Waals surface area (Å²) in [5.41, 5.74) is 0.849. The normalized spacial score (nSPS) is 12.1. The highest BCUT2D eigenvalue weighted by Crippen LogP contribution is 2.07. The monoisotopic (exact) mass is 208 g/mol. The number of hydrogen-bond donors (Lipinski definition) is 1. The number of aromatic nitrogens is 1. The van der Waals surface area contributed by atoms with Crippen molar-refractivity contribution in [3.63, 3.8) is 0 Å². The van der Waals surface area contributed by atoms with Gasteiger partial charge in [0.25, 0.3) is 0 Å². The number of nitrogens with one attached hydrogen (secondary N) is 1. The summed E-state index contributed by atoms with van der Waals surface area (Å²) in [6, 6.07) is 5.54. The van der Waals surface area contributed by atoms with Crippen molar-refractivity contribution in [2.24, 2.45) is 0 Å². The minimum atomic E-state index is -0.116. The van der Waals surface area contributed by atoms with Gasteiger partial charge in [0, 0.05) is 12.8 Å². The Morgan fingerprint density at radius 3 is 3.00 bits per heavy atom. The molecule has 1 N–H and O–H groups in total. The van der Waals surface area contributed by atoms with Crippen LogP contribution >= 0.6 is 0 Å². The number of amides is 1. The molecule has 0 saturated carbocycles. The molecule has 1 aromatic rings. The molecule has 0 saturated heterocycles. The van der Waals surface area contributed by atoms with Crippen LogP contribution in [0.2, 0.25) is 0 Å². The summed E-state index contributed by atoms with van der Waals surface area (Å²) in [7, 11) is 0. The predicted molar refractivity (Wildman–Crippen MR) is 57.3 cm³/mol. The van der Waals surface area contributed by atoms with Crippen LogP contribution in [0.3, 0.4) is 0 Å². The Labute approximate surface area is 89.7 Å². The van der Waals surface area contributed by atoms with Gasteiger partial charge in [-0.2, -0.15) is 0 Å². The van der Waals surface area contributed by atoms with E-state index in [1.807, 2.05) is 32.0 Å². The molecule has 0 radical (unpaired) electrons. The van der Waals surface area contributed by atoms with E-state index < -0.39 is 0 Å². The predicted octanol–water partition coefficient (Wildman–Crippen LogP) is 1.30. The molecule has 0 aromatic carbocycles. The van der Waals surface area contributed by atoms with Crippen LogP contribution in [0.25, 0.3) is 0 Å². The molecule has 0 aliphatic rings. The number of carbonyl (C=O) groups excluding carboxylic acids is 1. The van der Waals surface area contributed by atoms with E-state index in [-0.39, 0.29) is 18.6 Å². The second-order valence-electron chi connectivity index (χ2n) is 3.18. The standard InChI is InChI=1S/C11H16N2O2/c1-3-15-8-11(14)13-9(2)10-6-4-5-7-12-10/h4-7,9H,3,8H2,1-2H3,(H,13,14). The van der Waals surface area contributed by atoms with Crippen molar-refractivity contribution in [2.45, 2.75) is 19.9 Å². The van der Waals surface area contributed by atoms with E-state index in [1.54, 1.807) is 6.20 Å². The highest BCUT2D eigenvalue weighted by atomic mass is 16.5. The van der Waals surface area contributed by atoms with Gasteiger partial charge in [-0.1, -0.05) is 6.07 Å². The van der Waals surface area contributed by atoms with E-state index >= 15 is 0 Å². The van der Waals surface area contributed by atoms with Crippen molar-refractivity contribution in [3.05, 3.63) is 30.1 Å². The molecular formula is C11H16N2O2. The van der Waals surface area contributed by atoms with E-state index in [4.69, 9.17) is 4.74 Å². The van der Waals surface area contributed by atoms with Crippen LogP contribution in [0.1, 0.15) is 25.6 Å². The van der Waals surface area contributed by atoms with Gasteiger partial charge in [0.05, 0.1) is 11.7 Å². The second kappa shape index (κ2) is 6.14. The van der Waals surface area contributed by atoms with Crippen molar-refractivity contribution < 1.29 is 9.53 Å². The van der Waals surface area contributed by atoms with Crippen LogP contribution in [-0.2, 0) is 9.53 Å². The molecule has 1 heterocycles. The minimum Gasteiger partial charge on any atom is -0.372 e. The molecule has 0 bridgehead atoms. The molecule has 1 unspecified atom stereocenters. The molecule has 0 aliphatic carbocycles. The Morgan fingerprint density at radius 2 is 2.40 bits per heavy atom. The van der Waals surface area contributed by atoms with Crippen LogP contribution in [0.15, 0.2) is 24.4 Å². The van der Waals surface area contributed by atoms with Gasteiger partial charge in [-0.15, -0.1) is 0 Å². The quantitative estimate of drug-likeness (QED) is 0.793. The molecule has 15 heavy (non-hydrogen) atoms. The smallest absolute Gasteiger partial charge is 0.246 e. The van der Waals surface area contributed by atoms with Crippen LogP contribution < -0.4 is 5.32 Å². The van der Waals surface area contributed by atoms with E-state index in [1.165, 1.54) is 0 Å².